The SMILES string of the molecule is C=CCN1C(=O)/C(=C/c2cc3cccc(C)c3nc2N2CCC(Cc3ccccc3)CC2)SC1=S. The van der Waals surface area contributed by atoms with Crippen LogP contribution in [0.15, 0.2) is 72.2 Å². The van der Waals surface area contributed by atoms with Crippen LogP contribution < -0.4 is 4.90 Å². The summed E-state index contributed by atoms with van der Waals surface area (Å²) in [6.45, 7) is 8.20. The van der Waals surface area contributed by atoms with Gasteiger partial charge < -0.3 is 4.90 Å². The normalized spacial score (nSPS) is 18.1. The number of hydrogen-bond acceptors (Lipinski definition) is 5. The average molecular weight is 500 g/mol. The molecule has 2 aromatic carbocycles. The summed E-state index contributed by atoms with van der Waals surface area (Å²) in [5.74, 6) is 1.57. The minimum absolute atomic E-state index is 0.0586. The molecule has 0 unspecified atom stereocenters. The number of anilines is 1. The number of carbonyl (C=O) groups excluding carboxylic acids is 1. The molecule has 3 aromatic rings. The predicted octanol–water partition coefficient (Wildman–Crippen LogP) is 6.39. The molecule has 35 heavy (non-hydrogen) atoms. The van der Waals surface area contributed by atoms with Crippen LogP contribution in [-0.4, -0.2) is 39.7 Å². The lowest BCUT2D eigenvalue weighted by atomic mass is 9.90. The van der Waals surface area contributed by atoms with Gasteiger partial charge in [-0.2, -0.15) is 0 Å². The van der Waals surface area contributed by atoms with Crippen LogP contribution in [0.2, 0.25) is 0 Å². The molecule has 4 nitrogen and oxygen atoms in total. The third-order valence-electron chi connectivity index (χ3n) is 6.81. The minimum Gasteiger partial charge on any atom is -0.356 e. The molecule has 2 aliphatic rings. The molecule has 0 radical (unpaired) electrons. The summed E-state index contributed by atoms with van der Waals surface area (Å²) in [5, 5.41) is 1.08. The Morgan fingerprint density at radius 2 is 1.91 bits per heavy atom. The van der Waals surface area contributed by atoms with Crippen LogP contribution >= 0.6 is 24.0 Å². The van der Waals surface area contributed by atoms with Crippen molar-refractivity contribution in [3.8, 4) is 0 Å². The van der Waals surface area contributed by atoms with Gasteiger partial charge in [0, 0.05) is 30.6 Å². The van der Waals surface area contributed by atoms with Crippen molar-refractivity contribution < 1.29 is 4.79 Å². The summed E-state index contributed by atoms with van der Waals surface area (Å²) in [4.78, 5) is 22.8. The standard InChI is InChI=1S/C29H29N3OS2/c1-3-14-32-28(33)25(35-29(32)34)19-24-18-23-11-7-8-20(2)26(23)30-27(24)31-15-12-22(13-16-31)17-21-9-5-4-6-10-21/h3-11,18-19,22H,1,12-17H2,2H3/b25-19-. The van der Waals surface area contributed by atoms with Crippen molar-refractivity contribution in [1.29, 1.82) is 0 Å². The highest BCUT2D eigenvalue weighted by Crippen LogP contribution is 2.36. The van der Waals surface area contributed by atoms with Gasteiger partial charge in [-0.05, 0) is 55.4 Å². The van der Waals surface area contributed by atoms with E-state index < -0.39 is 0 Å². The smallest absolute Gasteiger partial charge is 0.266 e. The van der Waals surface area contributed by atoms with E-state index in [1.165, 1.54) is 17.3 Å². The highest BCUT2D eigenvalue weighted by molar-refractivity contribution is 8.26. The van der Waals surface area contributed by atoms with E-state index >= 15 is 0 Å². The molecule has 6 heteroatoms. The van der Waals surface area contributed by atoms with Crippen molar-refractivity contribution in [2.45, 2.75) is 26.2 Å². The number of thioether (sulfide) groups is 1. The Kier molecular flexibility index (Phi) is 7.02. The number of fused-ring (bicyclic) bond motifs is 1. The molecule has 2 fully saturated rings. The third kappa shape index (κ3) is 5.04. The minimum atomic E-state index is -0.0586. The molecule has 1 aromatic heterocycles. The number of rotatable bonds is 6. The maximum Gasteiger partial charge on any atom is 0.266 e. The van der Waals surface area contributed by atoms with Gasteiger partial charge in [0.2, 0.25) is 0 Å². The van der Waals surface area contributed by atoms with Gasteiger partial charge in [-0.25, -0.2) is 4.98 Å². The first-order valence-corrected chi connectivity index (χ1v) is 13.3. The maximum atomic E-state index is 13.0. The Morgan fingerprint density at radius 1 is 1.14 bits per heavy atom. The number of hydrogen-bond donors (Lipinski definition) is 0. The second kappa shape index (κ2) is 10.3. The molecule has 0 spiro atoms. The Morgan fingerprint density at radius 3 is 2.66 bits per heavy atom. The third-order valence-corrected chi connectivity index (χ3v) is 8.19. The molecule has 0 N–H and O–H groups in total. The first kappa shape index (κ1) is 23.8. The van der Waals surface area contributed by atoms with E-state index in [1.807, 2.05) is 6.08 Å². The maximum absolute atomic E-state index is 13.0. The van der Waals surface area contributed by atoms with Crippen LogP contribution in [0.3, 0.4) is 0 Å². The highest BCUT2D eigenvalue weighted by atomic mass is 32.2. The lowest BCUT2D eigenvalue weighted by molar-refractivity contribution is -0.121. The lowest BCUT2D eigenvalue weighted by Crippen LogP contribution is -2.35. The molecule has 3 heterocycles. The molecule has 0 saturated carbocycles. The topological polar surface area (TPSA) is 36.4 Å². The number of thiocarbonyl (C=S) groups is 1. The Hall–Kier alpha value is -2.96. The monoisotopic (exact) mass is 499 g/mol. The largest absolute Gasteiger partial charge is 0.356 e. The highest BCUT2D eigenvalue weighted by Gasteiger charge is 2.32. The van der Waals surface area contributed by atoms with Crippen molar-refractivity contribution >= 4 is 57.0 Å². The second-order valence-corrected chi connectivity index (χ2v) is 10.9. The fraction of sp³-hybridized carbons (Fsp3) is 0.276. The van der Waals surface area contributed by atoms with Gasteiger partial charge >= 0.3 is 0 Å². The quantitative estimate of drug-likeness (QED) is 0.223. The van der Waals surface area contributed by atoms with Gasteiger partial charge in [-0.3, -0.25) is 9.69 Å². The number of aromatic nitrogens is 1. The molecule has 0 aliphatic carbocycles. The molecular weight excluding hydrogens is 470 g/mol. The first-order valence-electron chi connectivity index (χ1n) is 12.1. The van der Waals surface area contributed by atoms with Crippen LogP contribution in [0, 0.1) is 12.8 Å². The summed E-state index contributed by atoms with van der Waals surface area (Å²) in [6.07, 6.45) is 7.06. The first-order chi connectivity index (χ1) is 17.0. The molecule has 1 amide bonds. The van der Waals surface area contributed by atoms with Gasteiger partial charge in [0.1, 0.15) is 10.1 Å². The predicted molar refractivity (Wildman–Crippen MR) is 152 cm³/mol. The lowest BCUT2D eigenvalue weighted by Gasteiger charge is -2.34. The van der Waals surface area contributed by atoms with Crippen LogP contribution in [0.1, 0.15) is 29.5 Å². The number of carbonyl (C=O) groups is 1. The van der Waals surface area contributed by atoms with Gasteiger partial charge in [0.25, 0.3) is 5.91 Å². The molecule has 0 atom stereocenters. The second-order valence-electron chi connectivity index (χ2n) is 9.25. The van der Waals surface area contributed by atoms with Gasteiger partial charge in [-0.1, -0.05) is 78.6 Å². The van der Waals surface area contributed by atoms with E-state index in [-0.39, 0.29) is 5.91 Å². The van der Waals surface area contributed by atoms with Crippen molar-refractivity contribution in [1.82, 2.24) is 9.88 Å². The molecule has 5 rings (SSSR count). The summed E-state index contributed by atoms with van der Waals surface area (Å²) in [6, 6.07) is 19.2. The molecule has 2 aliphatic heterocycles. The van der Waals surface area contributed by atoms with Crippen LogP contribution in [0.4, 0.5) is 5.82 Å². The van der Waals surface area contributed by atoms with E-state index in [2.05, 4.69) is 73.0 Å². The number of para-hydroxylation sites is 1. The van der Waals surface area contributed by atoms with Crippen LogP contribution in [-0.2, 0) is 11.2 Å². The number of piperidine rings is 1. The summed E-state index contributed by atoms with van der Waals surface area (Å²) >= 11 is 6.81. The number of benzene rings is 2. The zero-order valence-corrected chi connectivity index (χ0v) is 21.6. The fourth-order valence-corrected chi connectivity index (χ4v) is 6.20. The van der Waals surface area contributed by atoms with E-state index in [1.54, 1.807) is 11.0 Å². The number of nitrogens with zero attached hydrogens (tertiary/aromatic N) is 3. The summed E-state index contributed by atoms with van der Waals surface area (Å²) in [5.41, 5.74) is 4.56. The van der Waals surface area contributed by atoms with Crippen molar-refractivity contribution in [3.05, 3.63) is 88.8 Å². The number of pyridine rings is 1. The van der Waals surface area contributed by atoms with Gasteiger partial charge in [0.05, 0.1) is 10.4 Å². The number of aryl methyl sites for hydroxylation is 1. The van der Waals surface area contributed by atoms with E-state index in [0.29, 0.717) is 21.7 Å². The molecule has 0 bridgehead atoms. The zero-order valence-electron chi connectivity index (χ0n) is 19.9. The van der Waals surface area contributed by atoms with E-state index in [0.717, 1.165) is 60.2 Å². The average Bonchev–Trinajstić information content (AvgIpc) is 3.13. The van der Waals surface area contributed by atoms with E-state index in [4.69, 9.17) is 17.2 Å². The number of amides is 1. The Bertz CT molecular complexity index is 1310. The van der Waals surface area contributed by atoms with Crippen molar-refractivity contribution in [2.75, 3.05) is 24.5 Å². The molecule has 178 valence electrons. The van der Waals surface area contributed by atoms with Crippen molar-refractivity contribution in [3.63, 3.8) is 0 Å². The van der Waals surface area contributed by atoms with Gasteiger partial charge in [0.15, 0.2) is 0 Å². The van der Waals surface area contributed by atoms with E-state index in [9.17, 15) is 4.79 Å². The Labute approximate surface area is 216 Å². The van der Waals surface area contributed by atoms with Crippen molar-refractivity contribution in [2.24, 2.45) is 5.92 Å². The van der Waals surface area contributed by atoms with Crippen LogP contribution in [0.25, 0.3) is 17.0 Å². The van der Waals surface area contributed by atoms with Crippen LogP contribution in [0.5, 0.6) is 0 Å². The summed E-state index contributed by atoms with van der Waals surface area (Å²) in [7, 11) is 0. The summed E-state index contributed by atoms with van der Waals surface area (Å²) < 4.78 is 0.578. The Balaban J connectivity index is 1.45. The molecule has 2 saturated heterocycles. The zero-order chi connectivity index (χ0) is 24.4. The van der Waals surface area contributed by atoms with Gasteiger partial charge in [-0.15, -0.1) is 6.58 Å². The fourth-order valence-electron chi connectivity index (χ4n) is 4.94. The molecular formula is C29H29N3OS2.